The van der Waals surface area contributed by atoms with Crippen LogP contribution >= 0.6 is 0 Å². The van der Waals surface area contributed by atoms with Gasteiger partial charge in [-0.3, -0.25) is 4.79 Å². The number of carbonyl (C=O) groups is 1. The fourth-order valence-electron chi connectivity index (χ4n) is 3.55. The van der Waals surface area contributed by atoms with E-state index in [0.717, 1.165) is 29.8 Å². The summed E-state index contributed by atoms with van der Waals surface area (Å²) in [5.74, 6) is 1.55. The maximum Gasteiger partial charge on any atom is 0.230 e. The van der Waals surface area contributed by atoms with Gasteiger partial charge in [-0.25, -0.2) is 0 Å². The van der Waals surface area contributed by atoms with Crippen LogP contribution in [0.5, 0.6) is 11.5 Å². The maximum atomic E-state index is 13.3. The van der Waals surface area contributed by atoms with Crippen LogP contribution in [0.2, 0.25) is 0 Å². The maximum absolute atomic E-state index is 13.3. The summed E-state index contributed by atoms with van der Waals surface area (Å²) in [6, 6.07) is 15.8. The zero-order valence-corrected chi connectivity index (χ0v) is 15.9. The number of rotatable bonds is 5. The summed E-state index contributed by atoms with van der Waals surface area (Å²) in [5.41, 5.74) is 1.95. The van der Waals surface area contributed by atoms with E-state index in [1.165, 1.54) is 0 Å². The Kier molecular flexibility index (Phi) is 5.92. The first-order valence-corrected chi connectivity index (χ1v) is 9.81. The molecular weight excluding hydrogens is 354 g/mol. The molecule has 5 heteroatoms. The van der Waals surface area contributed by atoms with Crippen molar-refractivity contribution in [2.24, 2.45) is 5.92 Å². The molecule has 0 unspecified atom stereocenters. The Balaban J connectivity index is 1.57. The van der Waals surface area contributed by atoms with Crippen molar-refractivity contribution in [3.05, 3.63) is 60.2 Å². The summed E-state index contributed by atoms with van der Waals surface area (Å²) < 4.78 is 16.8. The highest BCUT2D eigenvalue weighted by atomic mass is 16.6. The van der Waals surface area contributed by atoms with Gasteiger partial charge in [0.25, 0.3) is 0 Å². The number of fused-ring (bicyclic) bond motifs is 1. The smallest absolute Gasteiger partial charge is 0.230 e. The third-order valence-electron chi connectivity index (χ3n) is 5.07. The van der Waals surface area contributed by atoms with Gasteiger partial charge in [0.2, 0.25) is 5.91 Å². The molecule has 2 aromatic rings. The number of hydrogen-bond acceptors (Lipinski definition) is 4. The molecule has 2 heterocycles. The van der Waals surface area contributed by atoms with Crippen molar-refractivity contribution in [3.63, 3.8) is 0 Å². The van der Waals surface area contributed by atoms with Crippen LogP contribution in [-0.4, -0.2) is 38.9 Å². The molecule has 5 nitrogen and oxygen atoms in total. The lowest BCUT2D eigenvalue weighted by Crippen LogP contribution is -2.38. The van der Waals surface area contributed by atoms with Crippen LogP contribution in [0.3, 0.4) is 0 Å². The number of nitrogens with zero attached hydrogens (tertiary/aromatic N) is 1. The van der Waals surface area contributed by atoms with E-state index in [0.29, 0.717) is 38.7 Å². The number of anilines is 1. The Labute approximate surface area is 165 Å². The molecule has 0 spiro atoms. The number of carbonyl (C=O) groups excluding carboxylic acids is 1. The van der Waals surface area contributed by atoms with E-state index in [9.17, 15) is 4.79 Å². The van der Waals surface area contributed by atoms with Crippen LogP contribution in [-0.2, 0) is 9.53 Å². The third kappa shape index (κ3) is 4.37. The van der Waals surface area contributed by atoms with Crippen LogP contribution in [0.1, 0.15) is 18.4 Å². The minimum Gasteiger partial charge on any atom is -0.486 e. The Hall–Kier alpha value is -2.79. The number of hydrogen-bond donors (Lipinski definition) is 0. The predicted molar refractivity (Wildman–Crippen MR) is 109 cm³/mol. The van der Waals surface area contributed by atoms with E-state index in [1.54, 1.807) is 0 Å². The molecular formula is C23H25NO4. The van der Waals surface area contributed by atoms with Gasteiger partial charge in [0.15, 0.2) is 11.5 Å². The normalized spacial score (nSPS) is 16.9. The molecule has 0 aliphatic carbocycles. The molecule has 28 heavy (non-hydrogen) atoms. The summed E-state index contributed by atoms with van der Waals surface area (Å²) in [4.78, 5) is 15.1. The Morgan fingerprint density at radius 2 is 1.71 bits per heavy atom. The summed E-state index contributed by atoms with van der Waals surface area (Å²) in [6.07, 6.45) is 5.61. The average molecular weight is 379 g/mol. The lowest BCUT2D eigenvalue weighted by Gasteiger charge is -2.29. The molecule has 1 amide bonds. The monoisotopic (exact) mass is 379 g/mol. The van der Waals surface area contributed by atoms with Gasteiger partial charge in [-0.15, -0.1) is 0 Å². The largest absolute Gasteiger partial charge is 0.486 e. The van der Waals surface area contributed by atoms with Gasteiger partial charge < -0.3 is 19.1 Å². The van der Waals surface area contributed by atoms with Crippen molar-refractivity contribution >= 4 is 17.7 Å². The van der Waals surface area contributed by atoms with Crippen molar-refractivity contribution < 1.29 is 19.0 Å². The highest BCUT2D eigenvalue weighted by molar-refractivity contribution is 5.95. The Bertz CT molecular complexity index is 828. The molecule has 0 saturated carbocycles. The Morgan fingerprint density at radius 3 is 2.50 bits per heavy atom. The van der Waals surface area contributed by atoms with Crippen molar-refractivity contribution in [2.75, 3.05) is 37.9 Å². The van der Waals surface area contributed by atoms with Gasteiger partial charge in [0, 0.05) is 37.4 Å². The summed E-state index contributed by atoms with van der Waals surface area (Å²) in [7, 11) is 0. The number of benzene rings is 2. The van der Waals surface area contributed by atoms with Crippen molar-refractivity contribution in [1.82, 2.24) is 0 Å². The minimum absolute atomic E-state index is 0.00734. The zero-order chi connectivity index (χ0) is 19.2. The molecule has 2 aliphatic heterocycles. The van der Waals surface area contributed by atoms with Crippen LogP contribution in [0.25, 0.3) is 6.08 Å². The van der Waals surface area contributed by atoms with Gasteiger partial charge in [-0.2, -0.15) is 0 Å². The fraction of sp³-hybridized carbons (Fsp3) is 0.348. The number of ether oxygens (including phenoxy) is 3. The average Bonchev–Trinajstić information content (AvgIpc) is 2.77. The van der Waals surface area contributed by atoms with Gasteiger partial charge in [-0.1, -0.05) is 42.5 Å². The van der Waals surface area contributed by atoms with Crippen molar-refractivity contribution in [2.45, 2.75) is 12.8 Å². The second-order valence-corrected chi connectivity index (χ2v) is 6.98. The van der Waals surface area contributed by atoms with E-state index in [4.69, 9.17) is 14.2 Å². The molecule has 4 rings (SSSR count). The van der Waals surface area contributed by atoms with Crippen molar-refractivity contribution in [1.29, 1.82) is 0 Å². The summed E-state index contributed by atoms with van der Waals surface area (Å²) in [6.45, 7) is 2.87. The first kappa shape index (κ1) is 18.6. The minimum atomic E-state index is -0.00734. The van der Waals surface area contributed by atoms with E-state index < -0.39 is 0 Å². The Morgan fingerprint density at radius 1 is 0.964 bits per heavy atom. The first-order valence-electron chi connectivity index (χ1n) is 9.81. The van der Waals surface area contributed by atoms with Crippen LogP contribution in [0.15, 0.2) is 54.6 Å². The topological polar surface area (TPSA) is 48.0 Å². The molecule has 0 aromatic heterocycles. The number of amides is 1. The molecule has 2 aliphatic rings. The van der Waals surface area contributed by atoms with Gasteiger partial charge in [0.05, 0.1) is 0 Å². The highest BCUT2D eigenvalue weighted by Crippen LogP contribution is 2.35. The van der Waals surface area contributed by atoms with Gasteiger partial charge in [0.1, 0.15) is 13.2 Å². The highest BCUT2D eigenvalue weighted by Gasteiger charge is 2.27. The summed E-state index contributed by atoms with van der Waals surface area (Å²) in [5, 5.41) is 0. The van der Waals surface area contributed by atoms with Crippen LogP contribution in [0.4, 0.5) is 5.69 Å². The molecule has 146 valence electrons. The lowest BCUT2D eigenvalue weighted by atomic mass is 9.98. The zero-order valence-electron chi connectivity index (χ0n) is 15.9. The molecule has 0 atom stereocenters. The van der Waals surface area contributed by atoms with Crippen LogP contribution in [0, 0.1) is 5.92 Å². The van der Waals surface area contributed by atoms with E-state index in [-0.39, 0.29) is 11.8 Å². The molecule has 0 bridgehead atoms. The lowest BCUT2D eigenvalue weighted by molar-refractivity contribution is -0.125. The van der Waals surface area contributed by atoms with Gasteiger partial charge in [-0.05, 0) is 30.5 Å². The SMILES string of the molecule is O=C(C1CCOCC1)N(C/C=C/c1ccccc1)c1ccc2c(c1)OCCO2. The molecule has 0 radical (unpaired) electrons. The molecule has 1 fully saturated rings. The van der Waals surface area contributed by atoms with Crippen molar-refractivity contribution in [3.8, 4) is 11.5 Å². The van der Waals surface area contributed by atoms with Gasteiger partial charge >= 0.3 is 0 Å². The third-order valence-corrected chi connectivity index (χ3v) is 5.07. The standard InChI is InChI=1S/C23H25NO4/c25-23(19-10-13-26-14-11-19)24(12-4-7-18-5-2-1-3-6-18)20-8-9-21-22(17-20)28-16-15-27-21/h1-9,17,19H,10-16H2/b7-4+. The van der Waals surface area contributed by atoms with E-state index in [2.05, 4.69) is 0 Å². The molecule has 0 N–H and O–H groups in total. The molecule has 1 saturated heterocycles. The summed E-state index contributed by atoms with van der Waals surface area (Å²) >= 11 is 0. The molecule has 2 aromatic carbocycles. The predicted octanol–water partition coefficient (Wildman–Crippen LogP) is 3.93. The van der Waals surface area contributed by atoms with Crippen LogP contribution < -0.4 is 14.4 Å². The second-order valence-electron chi connectivity index (χ2n) is 6.98. The quantitative estimate of drug-likeness (QED) is 0.790. The first-order chi connectivity index (χ1) is 13.8. The van der Waals surface area contributed by atoms with E-state index in [1.807, 2.05) is 65.6 Å². The van der Waals surface area contributed by atoms with E-state index >= 15 is 0 Å². The second kappa shape index (κ2) is 8.93. The fourth-order valence-corrected chi connectivity index (χ4v) is 3.55.